The molecule has 3 aliphatic rings. The van der Waals surface area contributed by atoms with Crippen LogP contribution in [0.1, 0.15) is 32.1 Å². The van der Waals surface area contributed by atoms with Gasteiger partial charge in [-0.05, 0) is 61.7 Å². The van der Waals surface area contributed by atoms with Crippen LogP contribution in [0.4, 0.5) is 10.2 Å². The average molecular weight is 543 g/mol. The molecule has 0 spiro atoms. The van der Waals surface area contributed by atoms with E-state index < -0.39 is 5.82 Å². The lowest BCUT2D eigenvalue weighted by Crippen LogP contribution is -2.43. The molecule has 1 amide bonds. The summed E-state index contributed by atoms with van der Waals surface area (Å²) in [5.74, 6) is -0.0999. The highest BCUT2D eigenvalue weighted by molar-refractivity contribution is 6.00. The number of benzene rings is 2. The van der Waals surface area contributed by atoms with Gasteiger partial charge in [-0.2, -0.15) is 9.97 Å². The number of hydrogen-bond donors (Lipinski definition) is 2. The molecule has 0 unspecified atom stereocenters. The summed E-state index contributed by atoms with van der Waals surface area (Å²) in [7, 11) is 0. The summed E-state index contributed by atoms with van der Waals surface area (Å²) in [5, 5.41) is 15.3. The van der Waals surface area contributed by atoms with E-state index in [1.165, 1.54) is 6.07 Å². The molecule has 5 heterocycles. The first-order chi connectivity index (χ1) is 19.5. The van der Waals surface area contributed by atoms with Crippen molar-refractivity contribution >= 4 is 33.4 Å². The Kier molecular flexibility index (Phi) is 6.14. The van der Waals surface area contributed by atoms with E-state index in [-0.39, 0.29) is 34.4 Å². The van der Waals surface area contributed by atoms with Crippen molar-refractivity contribution in [1.82, 2.24) is 25.2 Å². The first-order valence-electron chi connectivity index (χ1n) is 14.0. The molecule has 0 atom stereocenters. The van der Waals surface area contributed by atoms with Crippen molar-refractivity contribution in [3.8, 4) is 23.0 Å². The summed E-state index contributed by atoms with van der Waals surface area (Å²) in [6, 6.07) is 10.8. The number of hydrogen-bond acceptors (Lipinski definition) is 8. The van der Waals surface area contributed by atoms with Crippen molar-refractivity contribution in [3.63, 3.8) is 0 Å². The van der Waals surface area contributed by atoms with Gasteiger partial charge in [0.05, 0.1) is 10.9 Å². The molecule has 3 fully saturated rings. The van der Waals surface area contributed by atoms with Gasteiger partial charge in [0.15, 0.2) is 5.82 Å². The number of nitrogens with one attached hydrogen (secondary N) is 1. The predicted molar refractivity (Wildman–Crippen MR) is 150 cm³/mol. The fraction of sp³-hybridized carbons (Fsp3) is 0.400. The third kappa shape index (κ3) is 4.27. The van der Waals surface area contributed by atoms with Crippen molar-refractivity contribution in [2.24, 2.45) is 0 Å². The third-order valence-corrected chi connectivity index (χ3v) is 8.64. The van der Waals surface area contributed by atoms with Crippen LogP contribution in [0.5, 0.6) is 11.8 Å². The number of pyridine rings is 1. The second-order valence-electron chi connectivity index (χ2n) is 11.0. The Labute approximate surface area is 231 Å². The summed E-state index contributed by atoms with van der Waals surface area (Å²) in [4.78, 5) is 30.4. The number of amides is 1. The average Bonchev–Trinajstić information content (AvgIpc) is 3.46. The normalized spacial score (nSPS) is 19.1. The summed E-state index contributed by atoms with van der Waals surface area (Å²) < 4.78 is 22.7. The first-order valence-corrected chi connectivity index (χ1v) is 14.0. The number of nitrogens with zero attached hydrogens (tertiary/aromatic N) is 5. The number of halogens is 1. The van der Waals surface area contributed by atoms with Gasteiger partial charge >= 0.3 is 6.01 Å². The lowest BCUT2D eigenvalue weighted by atomic mass is 9.95. The quantitative estimate of drug-likeness (QED) is 0.390. The molecule has 2 aromatic heterocycles. The number of anilines is 1. The number of ether oxygens (including phenoxy) is 1. The Hall–Kier alpha value is -4.05. The molecule has 0 bridgehead atoms. The van der Waals surface area contributed by atoms with Crippen molar-refractivity contribution in [2.75, 3.05) is 44.2 Å². The zero-order chi connectivity index (χ0) is 27.3. The molecular weight excluding hydrogens is 511 g/mol. The van der Waals surface area contributed by atoms with Crippen molar-refractivity contribution < 1.29 is 19.0 Å². The van der Waals surface area contributed by atoms with E-state index in [9.17, 15) is 9.90 Å². The zero-order valence-corrected chi connectivity index (χ0v) is 22.2. The third-order valence-electron chi connectivity index (χ3n) is 8.64. The molecule has 2 aromatic carbocycles. The number of carbonyl (C=O) groups is 1. The number of rotatable bonds is 5. The first kappa shape index (κ1) is 25.0. The van der Waals surface area contributed by atoms with E-state index in [1.807, 2.05) is 29.2 Å². The van der Waals surface area contributed by atoms with Gasteiger partial charge in [0.1, 0.15) is 29.4 Å². The molecular formula is C30H31FN6O3. The number of carbonyl (C=O) groups excluding carboxylic acids is 1. The van der Waals surface area contributed by atoms with E-state index in [4.69, 9.17) is 9.72 Å². The molecule has 7 rings (SSSR count). The van der Waals surface area contributed by atoms with Crippen LogP contribution in [-0.4, -0.2) is 75.7 Å². The van der Waals surface area contributed by atoms with Gasteiger partial charge < -0.3 is 20.1 Å². The fourth-order valence-corrected chi connectivity index (χ4v) is 6.64. The summed E-state index contributed by atoms with van der Waals surface area (Å²) in [6.45, 7) is 4.02. The number of phenols is 1. The Morgan fingerprint density at radius 3 is 2.73 bits per heavy atom. The van der Waals surface area contributed by atoms with Crippen LogP contribution in [0.2, 0.25) is 0 Å². The number of aromatic hydroxyl groups is 1. The summed E-state index contributed by atoms with van der Waals surface area (Å²) in [6.07, 6.45) is 6.32. The van der Waals surface area contributed by atoms with Crippen LogP contribution in [0.3, 0.4) is 0 Å². The van der Waals surface area contributed by atoms with Crippen LogP contribution in [-0.2, 0) is 4.79 Å². The molecule has 3 aliphatic heterocycles. The van der Waals surface area contributed by atoms with Crippen LogP contribution < -0.4 is 15.0 Å². The van der Waals surface area contributed by atoms with E-state index >= 15 is 4.39 Å². The molecule has 0 radical (unpaired) electrons. The Bertz CT molecular complexity index is 1620. The second-order valence-corrected chi connectivity index (χ2v) is 11.0. The largest absolute Gasteiger partial charge is 0.508 e. The standard InChI is InChI=1S/C30H31FN6O3/c31-25-26(22-16-20(38)15-19-5-1-2-6-21(19)22)33-17-23-27(25)34-29(35-28(23)36-13-7-24(39)32-10-14-36)40-18-30-8-3-11-37(30)12-4-9-30/h1-2,5-6,15-17,38H,3-4,7-14,18H2,(H,32,39). The molecule has 0 saturated carbocycles. The maximum Gasteiger partial charge on any atom is 0.319 e. The van der Waals surface area contributed by atoms with Crippen LogP contribution >= 0.6 is 0 Å². The minimum Gasteiger partial charge on any atom is -0.508 e. The molecule has 2 N–H and O–H groups in total. The highest BCUT2D eigenvalue weighted by atomic mass is 19.1. The van der Waals surface area contributed by atoms with Crippen LogP contribution in [0.15, 0.2) is 42.6 Å². The minimum atomic E-state index is -0.604. The number of fused-ring (bicyclic) bond motifs is 3. The van der Waals surface area contributed by atoms with Gasteiger partial charge in [-0.1, -0.05) is 24.3 Å². The molecule has 3 saturated heterocycles. The van der Waals surface area contributed by atoms with Gasteiger partial charge in [0.2, 0.25) is 5.91 Å². The SMILES string of the molecule is O=C1CCN(c2nc(OCC34CCCN3CCC4)nc3c(F)c(-c4cc(O)cc5ccccc45)ncc23)CCN1. The Morgan fingerprint density at radius 1 is 1.05 bits per heavy atom. The minimum absolute atomic E-state index is 0.0140. The van der Waals surface area contributed by atoms with E-state index in [0.29, 0.717) is 49.4 Å². The molecule has 40 heavy (non-hydrogen) atoms. The maximum absolute atomic E-state index is 16.5. The fourth-order valence-electron chi connectivity index (χ4n) is 6.64. The highest BCUT2D eigenvalue weighted by Crippen LogP contribution is 2.40. The van der Waals surface area contributed by atoms with Crippen molar-refractivity contribution in [1.29, 1.82) is 0 Å². The van der Waals surface area contributed by atoms with Gasteiger partial charge in [-0.3, -0.25) is 14.7 Å². The van der Waals surface area contributed by atoms with Gasteiger partial charge in [0, 0.05) is 37.8 Å². The van der Waals surface area contributed by atoms with E-state index in [1.54, 1.807) is 12.3 Å². The summed E-state index contributed by atoms with van der Waals surface area (Å²) >= 11 is 0. The number of phenolic OH excluding ortho intramolecular Hbond substituents is 1. The van der Waals surface area contributed by atoms with Crippen molar-refractivity contribution in [3.05, 3.63) is 48.4 Å². The molecule has 10 heteroatoms. The summed E-state index contributed by atoms with van der Waals surface area (Å²) in [5.41, 5.74) is 0.668. The van der Waals surface area contributed by atoms with E-state index in [0.717, 1.165) is 49.5 Å². The van der Waals surface area contributed by atoms with Crippen LogP contribution in [0.25, 0.3) is 32.9 Å². The molecule has 206 valence electrons. The van der Waals surface area contributed by atoms with Gasteiger partial charge in [0.25, 0.3) is 0 Å². The lowest BCUT2D eigenvalue weighted by molar-refractivity contribution is -0.120. The van der Waals surface area contributed by atoms with Gasteiger partial charge in [-0.15, -0.1) is 0 Å². The van der Waals surface area contributed by atoms with Gasteiger partial charge in [-0.25, -0.2) is 4.39 Å². The van der Waals surface area contributed by atoms with E-state index in [2.05, 4.69) is 20.2 Å². The Balaban J connectivity index is 1.35. The van der Waals surface area contributed by atoms with Crippen LogP contribution in [0, 0.1) is 5.82 Å². The predicted octanol–water partition coefficient (Wildman–Crippen LogP) is 4.02. The topological polar surface area (TPSA) is 104 Å². The molecule has 0 aliphatic carbocycles. The maximum atomic E-state index is 16.5. The molecule has 4 aromatic rings. The Morgan fingerprint density at radius 2 is 1.88 bits per heavy atom. The molecule has 9 nitrogen and oxygen atoms in total. The zero-order valence-electron chi connectivity index (χ0n) is 22.2. The lowest BCUT2D eigenvalue weighted by Gasteiger charge is -2.31. The second kappa shape index (κ2) is 9.85. The number of aromatic nitrogens is 3. The van der Waals surface area contributed by atoms with Crippen molar-refractivity contribution in [2.45, 2.75) is 37.6 Å². The highest BCUT2D eigenvalue weighted by Gasteiger charge is 2.45. The smallest absolute Gasteiger partial charge is 0.319 e. The monoisotopic (exact) mass is 542 g/mol.